The van der Waals surface area contributed by atoms with Gasteiger partial charge in [0.05, 0.1) is 28.5 Å². The first kappa shape index (κ1) is 19.5. The lowest BCUT2D eigenvalue weighted by molar-refractivity contribution is -0.384. The van der Waals surface area contributed by atoms with Crippen molar-refractivity contribution in [1.82, 2.24) is 10.7 Å². The maximum Gasteiger partial charge on any atom is 0.272 e. The van der Waals surface area contributed by atoms with E-state index in [0.717, 1.165) is 6.07 Å². The summed E-state index contributed by atoms with van der Waals surface area (Å²) < 4.78 is 4.80. The largest absolute Gasteiger partial charge is 0.383 e. The summed E-state index contributed by atoms with van der Waals surface area (Å²) in [5.41, 5.74) is 2.46. The number of ether oxygens (including phenoxy) is 1. The molecule has 24 heavy (non-hydrogen) atoms. The van der Waals surface area contributed by atoms with Crippen molar-refractivity contribution >= 4 is 34.8 Å². The van der Waals surface area contributed by atoms with Crippen LogP contribution in [-0.2, 0) is 9.53 Å². The second-order valence-electron chi connectivity index (χ2n) is 4.73. The average molecular weight is 357 g/mol. The summed E-state index contributed by atoms with van der Waals surface area (Å²) in [6, 6.07) is 3.48. The predicted octanol–water partition coefficient (Wildman–Crippen LogP) is 1.51. The van der Waals surface area contributed by atoms with Crippen LogP contribution in [0, 0.1) is 10.1 Å². The molecule has 10 heteroatoms. The normalized spacial score (nSPS) is 11.0. The molecular formula is C14H17ClN4O5. The molecule has 1 aromatic carbocycles. The van der Waals surface area contributed by atoms with Gasteiger partial charge in [0, 0.05) is 31.5 Å². The van der Waals surface area contributed by atoms with Gasteiger partial charge >= 0.3 is 0 Å². The average Bonchev–Trinajstić information content (AvgIpc) is 2.52. The van der Waals surface area contributed by atoms with Gasteiger partial charge in [0.25, 0.3) is 11.6 Å². The van der Waals surface area contributed by atoms with Crippen LogP contribution in [0.4, 0.5) is 5.69 Å². The third-order valence-electron chi connectivity index (χ3n) is 2.80. The Bertz CT molecular complexity index is 663. The van der Waals surface area contributed by atoms with Gasteiger partial charge in [0.1, 0.15) is 0 Å². The number of amides is 2. The molecule has 2 N–H and O–H groups in total. The Kier molecular flexibility index (Phi) is 7.80. The fourth-order valence-corrected chi connectivity index (χ4v) is 1.90. The number of hydrazone groups is 1. The van der Waals surface area contributed by atoms with E-state index in [1.165, 1.54) is 19.2 Å². The van der Waals surface area contributed by atoms with E-state index in [1.807, 2.05) is 0 Å². The zero-order chi connectivity index (χ0) is 18.1. The third-order valence-corrected chi connectivity index (χ3v) is 3.11. The van der Waals surface area contributed by atoms with Gasteiger partial charge in [-0.3, -0.25) is 19.7 Å². The lowest BCUT2D eigenvalue weighted by atomic mass is 10.2. The van der Waals surface area contributed by atoms with Crippen LogP contribution in [0.15, 0.2) is 23.3 Å². The molecule has 0 aliphatic rings. The molecule has 0 saturated heterocycles. The molecule has 0 fully saturated rings. The Morgan fingerprint density at radius 3 is 2.71 bits per heavy atom. The molecule has 0 aromatic heterocycles. The summed E-state index contributed by atoms with van der Waals surface area (Å²) in [6.45, 7) is 2.36. The number of carbonyl (C=O) groups is 2. The van der Waals surface area contributed by atoms with Crippen LogP contribution in [0.2, 0.25) is 5.02 Å². The summed E-state index contributed by atoms with van der Waals surface area (Å²) >= 11 is 5.85. The van der Waals surface area contributed by atoms with Crippen molar-refractivity contribution in [2.75, 3.05) is 20.3 Å². The van der Waals surface area contributed by atoms with Crippen LogP contribution in [-0.4, -0.2) is 42.7 Å². The van der Waals surface area contributed by atoms with E-state index in [-0.39, 0.29) is 28.6 Å². The van der Waals surface area contributed by atoms with E-state index < -0.39 is 10.8 Å². The van der Waals surface area contributed by atoms with E-state index >= 15 is 0 Å². The Morgan fingerprint density at radius 2 is 2.12 bits per heavy atom. The number of rotatable bonds is 8. The number of hydrogen-bond acceptors (Lipinski definition) is 6. The number of hydrogen-bond donors (Lipinski definition) is 2. The van der Waals surface area contributed by atoms with Crippen LogP contribution in [0.25, 0.3) is 0 Å². The number of nitro groups is 1. The second kappa shape index (κ2) is 9.58. The van der Waals surface area contributed by atoms with Gasteiger partial charge in [-0.15, -0.1) is 0 Å². The molecule has 2 amide bonds. The highest BCUT2D eigenvalue weighted by Crippen LogP contribution is 2.22. The zero-order valence-electron chi connectivity index (χ0n) is 13.2. The molecule has 0 bridgehead atoms. The molecule has 9 nitrogen and oxygen atoms in total. The van der Waals surface area contributed by atoms with Gasteiger partial charge in [-0.25, -0.2) is 5.43 Å². The standard InChI is InChI=1S/C14H17ClN4O5/c1-9(7-13(20)16-5-6-24-2)17-18-14(21)11-4-3-10(19(22)23)8-12(11)15/h3-4,8H,5-7H2,1-2H3,(H,16,20)(H,18,21)/b17-9+. The molecule has 0 saturated carbocycles. The molecule has 0 aliphatic carbocycles. The number of halogens is 1. The second-order valence-corrected chi connectivity index (χ2v) is 5.14. The summed E-state index contributed by atoms with van der Waals surface area (Å²) in [6.07, 6.45) is 0.0119. The Hall–Kier alpha value is -2.52. The summed E-state index contributed by atoms with van der Waals surface area (Å²) in [5, 5.41) is 17.0. The fourth-order valence-electron chi connectivity index (χ4n) is 1.64. The van der Waals surface area contributed by atoms with Crippen LogP contribution in [0.5, 0.6) is 0 Å². The number of methoxy groups -OCH3 is 1. The van der Waals surface area contributed by atoms with Gasteiger partial charge < -0.3 is 10.1 Å². The first-order valence-corrected chi connectivity index (χ1v) is 7.26. The first-order chi connectivity index (χ1) is 11.3. The number of benzene rings is 1. The molecule has 0 unspecified atom stereocenters. The first-order valence-electron chi connectivity index (χ1n) is 6.88. The van der Waals surface area contributed by atoms with Gasteiger partial charge in [-0.1, -0.05) is 11.6 Å². The molecule has 1 aromatic rings. The number of nitrogens with zero attached hydrogens (tertiary/aromatic N) is 2. The maximum atomic E-state index is 12.0. The van der Waals surface area contributed by atoms with Crippen molar-refractivity contribution < 1.29 is 19.2 Å². The van der Waals surface area contributed by atoms with Gasteiger partial charge in [0.2, 0.25) is 5.91 Å². The Balaban J connectivity index is 2.61. The highest BCUT2D eigenvalue weighted by Gasteiger charge is 2.14. The van der Waals surface area contributed by atoms with Crippen LogP contribution >= 0.6 is 11.6 Å². The minimum absolute atomic E-state index is 0.0119. The lowest BCUT2D eigenvalue weighted by Crippen LogP contribution is -2.29. The molecule has 0 spiro atoms. The van der Waals surface area contributed by atoms with Gasteiger partial charge in [-0.2, -0.15) is 5.10 Å². The Morgan fingerprint density at radius 1 is 1.42 bits per heavy atom. The number of nitro benzene ring substituents is 1. The zero-order valence-corrected chi connectivity index (χ0v) is 13.9. The fraction of sp³-hybridized carbons (Fsp3) is 0.357. The van der Waals surface area contributed by atoms with E-state index in [4.69, 9.17) is 16.3 Å². The van der Waals surface area contributed by atoms with Crippen molar-refractivity contribution in [3.8, 4) is 0 Å². The molecule has 0 heterocycles. The van der Waals surface area contributed by atoms with Gasteiger partial charge in [-0.05, 0) is 13.0 Å². The molecule has 130 valence electrons. The van der Waals surface area contributed by atoms with Crippen LogP contribution < -0.4 is 10.7 Å². The minimum atomic E-state index is -0.631. The summed E-state index contributed by atoms with van der Waals surface area (Å²) in [4.78, 5) is 33.5. The number of non-ortho nitro benzene ring substituents is 1. The number of nitrogens with one attached hydrogen (secondary N) is 2. The van der Waals surface area contributed by atoms with Crippen molar-refractivity contribution in [3.05, 3.63) is 38.9 Å². The SMILES string of the molecule is COCCNC(=O)C/C(C)=N/NC(=O)c1ccc([N+](=O)[O-])cc1Cl. The third kappa shape index (κ3) is 6.31. The van der Waals surface area contributed by atoms with Crippen LogP contribution in [0.3, 0.4) is 0 Å². The molecule has 0 radical (unpaired) electrons. The van der Waals surface area contributed by atoms with Gasteiger partial charge in [0.15, 0.2) is 0 Å². The Labute approximate surface area is 143 Å². The minimum Gasteiger partial charge on any atom is -0.383 e. The smallest absolute Gasteiger partial charge is 0.272 e. The quantitative estimate of drug-likeness (QED) is 0.316. The number of carbonyl (C=O) groups excluding carboxylic acids is 2. The maximum absolute atomic E-state index is 12.0. The highest BCUT2D eigenvalue weighted by atomic mass is 35.5. The van der Waals surface area contributed by atoms with Crippen molar-refractivity contribution in [1.29, 1.82) is 0 Å². The topological polar surface area (TPSA) is 123 Å². The van der Waals surface area contributed by atoms with E-state index in [2.05, 4.69) is 15.8 Å². The van der Waals surface area contributed by atoms with E-state index in [9.17, 15) is 19.7 Å². The van der Waals surface area contributed by atoms with E-state index in [0.29, 0.717) is 18.9 Å². The lowest BCUT2D eigenvalue weighted by Gasteiger charge is -2.05. The van der Waals surface area contributed by atoms with Crippen LogP contribution in [0.1, 0.15) is 23.7 Å². The molecule has 0 aliphatic heterocycles. The van der Waals surface area contributed by atoms with E-state index in [1.54, 1.807) is 6.92 Å². The van der Waals surface area contributed by atoms with Crippen molar-refractivity contribution in [3.63, 3.8) is 0 Å². The highest BCUT2D eigenvalue weighted by molar-refractivity contribution is 6.34. The molecule has 0 atom stereocenters. The summed E-state index contributed by atoms with van der Waals surface area (Å²) in [7, 11) is 1.53. The van der Waals surface area contributed by atoms with Crippen molar-refractivity contribution in [2.24, 2.45) is 5.10 Å². The molecule has 1 rings (SSSR count). The predicted molar refractivity (Wildman–Crippen MR) is 88.2 cm³/mol. The monoisotopic (exact) mass is 356 g/mol. The van der Waals surface area contributed by atoms with Crippen molar-refractivity contribution in [2.45, 2.75) is 13.3 Å². The summed E-state index contributed by atoms with van der Waals surface area (Å²) in [5.74, 6) is -0.884. The molecular weight excluding hydrogens is 340 g/mol.